The Labute approximate surface area is 120 Å². The molecule has 0 saturated heterocycles. The van der Waals surface area contributed by atoms with Gasteiger partial charge in [0.15, 0.2) is 0 Å². The van der Waals surface area contributed by atoms with Crippen molar-refractivity contribution in [2.24, 2.45) is 11.1 Å². The van der Waals surface area contributed by atoms with Gasteiger partial charge in [0.2, 0.25) is 0 Å². The Morgan fingerprint density at radius 1 is 1.37 bits per heavy atom. The number of hydrogen-bond acceptors (Lipinski definition) is 3. The minimum absolute atomic E-state index is 0.110. The van der Waals surface area contributed by atoms with Crippen LogP contribution in [0.3, 0.4) is 0 Å². The molecule has 0 aliphatic rings. The van der Waals surface area contributed by atoms with E-state index in [9.17, 15) is 4.79 Å². The summed E-state index contributed by atoms with van der Waals surface area (Å²) in [6, 6.07) is 7.40. The highest BCUT2D eigenvalue weighted by atomic mass is 35.5. The molecule has 19 heavy (non-hydrogen) atoms. The van der Waals surface area contributed by atoms with E-state index in [0.29, 0.717) is 24.5 Å². The fourth-order valence-corrected chi connectivity index (χ4v) is 2.22. The molecular weight excluding hydrogens is 262 g/mol. The van der Waals surface area contributed by atoms with Crippen LogP contribution in [-0.4, -0.2) is 12.6 Å². The first-order valence-electron chi connectivity index (χ1n) is 6.51. The van der Waals surface area contributed by atoms with Gasteiger partial charge in [-0.1, -0.05) is 37.6 Å². The van der Waals surface area contributed by atoms with E-state index in [-0.39, 0.29) is 17.4 Å². The van der Waals surface area contributed by atoms with Crippen molar-refractivity contribution in [1.82, 2.24) is 0 Å². The van der Waals surface area contributed by atoms with E-state index in [4.69, 9.17) is 22.1 Å². The molecule has 106 valence electrons. The molecule has 2 N–H and O–H groups in total. The van der Waals surface area contributed by atoms with Crippen LogP contribution in [0.5, 0.6) is 0 Å². The van der Waals surface area contributed by atoms with Gasteiger partial charge in [0, 0.05) is 11.1 Å². The van der Waals surface area contributed by atoms with Crippen LogP contribution < -0.4 is 5.73 Å². The minimum Gasteiger partial charge on any atom is -0.466 e. The Hall–Kier alpha value is -1.06. The Morgan fingerprint density at radius 2 is 1.95 bits per heavy atom. The van der Waals surface area contributed by atoms with Gasteiger partial charge in [-0.3, -0.25) is 4.79 Å². The molecule has 0 aliphatic heterocycles. The van der Waals surface area contributed by atoms with Crippen LogP contribution in [0, 0.1) is 5.41 Å². The molecule has 0 saturated carbocycles. The number of halogens is 1. The van der Waals surface area contributed by atoms with Crippen molar-refractivity contribution in [1.29, 1.82) is 0 Å². The van der Waals surface area contributed by atoms with Gasteiger partial charge in [0.25, 0.3) is 0 Å². The highest BCUT2D eigenvalue weighted by Crippen LogP contribution is 2.32. The highest BCUT2D eigenvalue weighted by Gasteiger charge is 2.26. The molecule has 1 rings (SSSR count). The summed E-state index contributed by atoms with van der Waals surface area (Å²) in [6.07, 6.45) is 1.09. The molecule has 0 heterocycles. The van der Waals surface area contributed by atoms with Gasteiger partial charge < -0.3 is 10.5 Å². The van der Waals surface area contributed by atoms with Gasteiger partial charge in [-0.15, -0.1) is 0 Å². The van der Waals surface area contributed by atoms with Gasteiger partial charge in [-0.05, 0) is 36.5 Å². The zero-order chi connectivity index (χ0) is 14.5. The predicted molar refractivity (Wildman–Crippen MR) is 78.0 cm³/mol. The first-order chi connectivity index (χ1) is 8.84. The third-order valence-corrected chi connectivity index (χ3v) is 3.25. The molecule has 1 atom stereocenters. The lowest BCUT2D eigenvalue weighted by Crippen LogP contribution is -2.25. The number of ether oxygens (including phenoxy) is 1. The molecule has 0 spiro atoms. The zero-order valence-corrected chi connectivity index (χ0v) is 12.5. The summed E-state index contributed by atoms with van der Waals surface area (Å²) in [5.41, 5.74) is 7.03. The molecule has 0 amide bonds. The average Bonchev–Trinajstić information content (AvgIpc) is 2.28. The number of carbonyl (C=O) groups is 1. The Balaban J connectivity index is 2.61. The number of hydrogen-bond donors (Lipinski definition) is 1. The van der Waals surface area contributed by atoms with Crippen LogP contribution in [0.4, 0.5) is 0 Å². The first kappa shape index (κ1) is 16.0. The van der Waals surface area contributed by atoms with E-state index >= 15 is 0 Å². The largest absolute Gasteiger partial charge is 0.466 e. The molecule has 0 radical (unpaired) electrons. The molecule has 0 aliphatic carbocycles. The number of carbonyl (C=O) groups excluding carboxylic acids is 1. The van der Waals surface area contributed by atoms with Crippen molar-refractivity contribution in [2.45, 2.75) is 39.7 Å². The summed E-state index contributed by atoms with van der Waals surface area (Å²) in [5, 5.41) is 0.696. The van der Waals surface area contributed by atoms with Gasteiger partial charge in [-0.25, -0.2) is 0 Å². The molecule has 4 heteroatoms. The smallest absolute Gasteiger partial charge is 0.306 e. The topological polar surface area (TPSA) is 52.3 Å². The van der Waals surface area contributed by atoms with Crippen molar-refractivity contribution in [2.75, 3.05) is 6.61 Å². The third kappa shape index (κ3) is 5.62. The van der Waals surface area contributed by atoms with Crippen LogP contribution in [0.2, 0.25) is 5.02 Å². The number of nitrogens with two attached hydrogens (primary N) is 1. The fraction of sp³-hybridized carbons (Fsp3) is 0.533. The lowest BCUT2D eigenvalue weighted by molar-refractivity contribution is -0.145. The molecule has 3 nitrogen and oxygen atoms in total. The molecule has 0 bridgehead atoms. The normalized spacial score (nSPS) is 13.1. The van der Waals surface area contributed by atoms with Crippen LogP contribution in [0.1, 0.15) is 45.2 Å². The van der Waals surface area contributed by atoms with Crippen LogP contribution >= 0.6 is 11.6 Å². The molecule has 0 fully saturated rings. The maximum Gasteiger partial charge on any atom is 0.306 e. The third-order valence-electron chi connectivity index (χ3n) is 3.00. The maximum absolute atomic E-state index is 11.5. The second-order valence-corrected chi connectivity index (χ2v) is 5.94. The number of benzene rings is 1. The van der Waals surface area contributed by atoms with E-state index in [1.165, 1.54) is 0 Å². The van der Waals surface area contributed by atoms with Crippen molar-refractivity contribution >= 4 is 17.6 Å². The van der Waals surface area contributed by atoms with E-state index < -0.39 is 0 Å². The highest BCUT2D eigenvalue weighted by molar-refractivity contribution is 6.30. The Kier molecular flexibility index (Phi) is 5.83. The average molecular weight is 284 g/mol. The van der Waals surface area contributed by atoms with Crippen LogP contribution in [-0.2, 0) is 9.53 Å². The molecule has 1 aromatic rings. The standard InChI is InChI=1S/C15H22ClNO2/c1-4-19-14(18)10-15(2,3)9-13(17)11-5-7-12(16)8-6-11/h5-8,13H,4,9-10,17H2,1-3H3. The second-order valence-electron chi connectivity index (χ2n) is 5.51. The lowest BCUT2D eigenvalue weighted by atomic mass is 9.81. The monoisotopic (exact) mass is 283 g/mol. The summed E-state index contributed by atoms with van der Waals surface area (Å²) in [5.74, 6) is -0.171. The van der Waals surface area contributed by atoms with Gasteiger partial charge >= 0.3 is 5.97 Å². The van der Waals surface area contributed by atoms with E-state index in [2.05, 4.69) is 0 Å². The number of rotatable bonds is 6. The Morgan fingerprint density at radius 3 is 2.47 bits per heavy atom. The second kappa shape index (κ2) is 6.92. The van der Waals surface area contributed by atoms with E-state index in [1.54, 1.807) is 0 Å². The first-order valence-corrected chi connectivity index (χ1v) is 6.88. The SMILES string of the molecule is CCOC(=O)CC(C)(C)CC(N)c1ccc(Cl)cc1. The van der Waals surface area contributed by atoms with Crippen molar-refractivity contribution in [3.63, 3.8) is 0 Å². The van der Waals surface area contributed by atoms with Crippen molar-refractivity contribution < 1.29 is 9.53 Å². The van der Waals surface area contributed by atoms with Gasteiger partial charge in [0.1, 0.15) is 0 Å². The maximum atomic E-state index is 11.5. The summed E-state index contributed by atoms with van der Waals surface area (Å²) >= 11 is 5.85. The summed E-state index contributed by atoms with van der Waals surface area (Å²) in [7, 11) is 0. The minimum atomic E-state index is -0.189. The molecule has 0 aromatic heterocycles. The van der Waals surface area contributed by atoms with E-state index in [1.807, 2.05) is 45.0 Å². The van der Waals surface area contributed by atoms with Crippen molar-refractivity contribution in [3.05, 3.63) is 34.9 Å². The molecule has 1 aromatic carbocycles. The van der Waals surface area contributed by atoms with E-state index in [0.717, 1.165) is 5.56 Å². The lowest BCUT2D eigenvalue weighted by Gasteiger charge is -2.27. The number of esters is 1. The molecular formula is C15H22ClNO2. The van der Waals surface area contributed by atoms with Crippen LogP contribution in [0.15, 0.2) is 24.3 Å². The summed E-state index contributed by atoms with van der Waals surface area (Å²) < 4.78 is 4.98. The quantitative estimate of drug-likeness (QED) is 0.810. The van der Waals surface area contributed by atoms with Crippen LogP contribution in [0.25, 0.3) is 0 Å². The van der Waals surface area contributed by atoms with Gasteiger partial charge in [-0.2, -0.15) is 0 Å². The predicted octanol–water partition coefficient (Wildman–Crippen LogP) is 3.71. The summed E-state index contributed by atoms with van der Waals surface area (Å²) in [4.78, 5) is 11.5. The summed E-state index contributed by atoms with van der Waals surface area (Å²) in [6.45, 7) is 6.28. The fourth-order valence-electron chi connectivity index (χ4n) is 2.10. The van der Waals surface area contributed by atoms with Crippen molar-refractivity contribution in [3.8, 4) is 0 Å². The zero-order valence-electron chi connectivity index (χ0n) is 11.8. The molecule has 1 unspecified atom stereocenters. The Bertz CT molecular complexity index is 415. The van der Waals surface area contributed by atoms with Gasteiger partial charge in [0.05, 0.1) is 13.0 Å².